The fraction of sp³-hybridized carbons (Fsp3) is 1.00. The molecule has 1 saturated heterocycles. The second-order valence-corrected chi connectivity index (χ2v) is 6.85. The maximum atomic E-state index is 9.76. The first-order valence-corrected chi connectivity index (χ1v) is 8.68. The Bertz CT molecular complexity index is 259. The van der Waals surface area contributed by atoms with Crippen LogP contribution in [-0.4, -0.2) is 47.3 Å². The van der Waals surface area contributed by atoms with Crippen LogP contribution in [0.4, 0.5) is 0 Å². The van der Waals surface area contributed by atoms with Crippen molar-refractivity contribution in [2.75, 3.05) is 19.7 Å². The van der Waals surface area contributed by atoms with Crippen LogP contribution in [0.15, 0.2) is 0 Å². The first-order valence-electron chi connectivity index (χ1n) is 8.68. The van der Waals surface area contributed by atoms with Crippen molar-refractivity contribution >= 4 is 0 Å². The molecule has 1 aliphatic heterocycles. The van der Waals surface area contributed by atoms with E-state index < -0.39 is 0 Å². The summed E-state index contributed by atoms with van der Waals surface area (Å²) >= 11 is 0. The molecular weight excluding hydrogens is 248 g/mol. The summed E-state index contributed by atoms with van der Waals surface area (Å²) < 4.78 is 0. The zero-order valence-corrected chi connectivity index (χ0v) is 14.1. The molecule has 0 radical (unpaired) electrons. The molecule has 3 nitrogen and oxygen atoms in total. The van der Waals surface area contributed by atoms with Crippen molar-refractivity contribution in [2.45, 2.75) is 90.3 Å². The largest absolute Gasteiger partial charge is 0.394 e. The van der Waals surface area contributed by atoms with Crippen LogP contribution >= 0.6 is 0 Å². The van der Waals surface area contributed by atoms with Crippen LogP contribution in [0.25, 0.3) is 0 Å². The Balaban J connectivity index is 2.63. The van der Waals surface area contributed by atoms with Gasteiger partial charge >= 0.3 is 0 Å². The van der Waals surface area contributed by atoms with Gasteiger partial charge in [0.2, 0.25) is 0 Å². The number of hydrogen-bond donors (Lipinski definition) is 2. The third-order valence-electron chi connectivity index (χ3n) is 4.86. The van der Waals surface area contributed by atoms with Crippen molar-refractivity contribution in [3.05, 3.63) is 0 Å². The second-order valence-electron chi connectivity index (χ2n) is 6.85. The Morgan fingerprint density at radius 1 is 1.30 bits per heavy atom. The van der Waals surface area contributed by atoms with E-state index >= 15 is 0 Å². The molecule has 120 valence electrons. The van der Waals surface area contributed by atoms with Crippen LogP contribution < -0.4 is 5.32 Å². The lowest BCUT2D eigenvalue weighted by Crippen LogP contribution is -2.52. The Hall–Kier alpha value is -0.120. The zero-order chi connectivity index (χ0) is 15.0. The van der Waals surface area contributed by atoms with Gasteiger partial charge in [-0.2, -0.15) is 0 Å². The summed E-state index contributed by atoms with van der Waals surface area (Å²) in [6.45, 7) is 11.4. The Morgan fingerprint density at radius 2 is 2.05 bits per heavy atom. The Morgan fingerprint density at radius 3 is 2.65 bits per heavy atom. The molecule has 3 atom stereocenters. The van der Waals surface area contributed by atoms with Gasteiger partial charge in [0.05, 0.1) is 6.61 Å². The van der Waals surface area contributed by atoms with Crippen LogP contribution in [0.2, 0.25) is 0 Å². The van der Waals surface area contributed by atoms with Crippen molar-refractivity contribution in [2.24, 2.45) is 0 Å². The predicted octanol–water partition coefficient (Wildman–Crippen LogP) is 3.17. The minimum absolute atomic E-state index is 0.139. The molecule has 1 heterocycles. The number of hydrogen-bond acceptors (Lipinski definition) is 3. The number of aliphatic hydroxyl groups is 1. The first kappa shape index (κ1) is 17.9. The van der Waals surface area contributed by atoms with Crippen LogP contribution in [0.3, 0.4) is 0 Å². The van der Waals surface area contributed by atoms with Gasteiger partial charge < -0.3 is 10.4 Å². The van der Waals surface area contributed by atoms with Gasteiger partial charge in [0.15, 0.2) is 0 Å². The molecule has 3 heteroatoms. The molecule has 0 aromatic rings. The lowest BCUT2D eigenvalue weighted by atomic mass is 9.92. The van der Waals surface area contributed by atoms with E-state index in [1.807, 2.05) is 0 Å². The van der Waals surface area contributed by atoms with Crippen molar-refractivity contribution in [3.63, 3.8) is 0 Å². The van der Waals surface area contributed by atoms with Crippen LogP contribution in [-0.2, 0) is 0 Å². The summed E-state index contributed by atoms with van der Waals surface area (Å²) in [5, 5.41) is 13.3. The Kier molecular flexibility index (Phi) is 8.08. The lowest BCUT2D eigenvalue weighted by molar-refractivity contribution is 0.0870. The summed E-state index contributed by atoms with van der Waals surface area (Å²) in [7, 11) is 0. The topological polar surface area (TPSA) is 35.5 Å². The standard InChI is InChI=1S/C17H36N2O/c1-5-11-18-17(4,14-20)13-15(3)19-12-9-7-8-10-16(19)6-2/h15-16,18,20H,5-14H2,1-4H3. The minimum atomic E-state index is -0.139. The van der Waals surface area contributed by atoms with E-state index in [1.165, 1.54) is 38.6 Å². The minimum Gasteiger partial charge on any atom is -0.394 e. The summed E-state index contributed by atoms with van der Waals surface area (Å²) in [4.78, 5) is 2.70. The van der Waals surface area contributed by atoms with Gasteiger partial charge in [0, 0.05) is 17.6 Å². The SMILES string of the molecule is CCCNC(C)(CO)CC(C)N1CCCCCC1CC. The van der Waals surface area contributed by atoms with Gasteiger partial charge in [-0.05, 0) is 59.0 Å². The van der Waals surface area contributed by atoms with Crippen molar-refractivity contribution < 1.29 is 5.11 Å². The molecule has 0 aromatic carbocycles. The highest BCUT2D eigenvalue weighted by atomic mass is 16.3. The Labute approximate surface area is 126 Å². The van der Waals surface area contributed by atoms with Crippen molar-refractivity contribution in [1.82, 2.24) is 10.2 Å². The summed E-state index contributed by atoms with van der Waals surface area (Å²) in [5.74, 6) is 0. The van der Waals surface area contributed by atoms with Gasteiger partial charge in [-0.25, -0.2) is 0 Å². The van der Waals surface area contributed by atoms with Crippen LogP contribution in [0, 0.1) is 0 Å². The van der Waals surface area contributed by atoms with E-state index in [-0.39, 0.29) is 12.1 Å². The van der Waals surface area contributed by atoms with Crippen molar-refractivity contribution in [1.29, 1.82) is 0 Å². The molecule has 2 N–H and O–H groups in total. The molecular formula is C17H36N2O. The van der Waals surface area contributed by atoms with Gasteiger partial charge in [-0.1, -0.05) is 26.7 Å². The normalized spacial score (nSPS) is 25.9. The third kappa shape index (κ3) is 5.34. The van der Waals surface area contributed by atoms with Gasteiger partial charge in [0.1, 0.15) is 0 Å². The fourth-order valence-corrected chi connectivity index (χ4v) is 3.61. The molecule has 0 saturated carbocycles. The molecule has 0 aliphatic carbocycles. The summed E-state index contributed by atoms with van der Waals surface area (Å²) in [6.07, 6.45) is 8.84. The van der Waals surface area contributed by atoms with E-state index in [0.717, 1.165) is 25.4 Å². The molecule has 1 rings (SSSR count). The average molecular weight is 284 g/mol. The molecule has 0 bridgehead atoms. The highest BCUT2D eigenvalue weighted by molar-refractivity contribution is 4.89. The summed E-state index contributed by atoms with van der Waals surface area (Å²) in [5.41, 5.74) is -0.139. The molecule has 3 unspecified atom stereocenters. The number of likely N-dealkylation sites (tertiary alicyclic amines) is 1. The molecule has 20 heavy (non-hydrogen) atoms. The third-order valence-corrected chi connectivity index (χ3v) is 4.86. The average Bonchev–Trinajstić information content (AvgIpc) is 2.70. The number of nitrogens with zero attached hydrogens (tertiary/aromatic N) is 1. The monoisotopic (exact) mass is 284 g/mol. The van der Waals surface area contributed by atoms with Crippen molar-refractivity contribution in [3.8, 4) is 0 Å². The quantitative estimate of drug-likeness (QED) is 0.718. The van der Waals surface area contributed by atoms with E-state index in [1.54, 1.807) is 0 Å². The number of rotatable bonds is 8. The van der Waals surface area contributed by atoms with E-state index in [9.17, 15) is 5.11 Å². The molecule has 1 aliphatic rings. The molecule has 1 fully saturated rings. The van der Waals surface area contributed by atoms with E-state index in [2.05, 4.69) is 37.9 Å². The smallest absolute Gasteiger partial charge is 0.0611 e. The molecule has 0 spiro atoms. The highest BCUT2D eigenvalue weighted by Gasteiger charge is 2.30. The van der Waals surface area contributed by atoms with Crippen LogP contribution in [0.5, 0.6) is 0 Å². The summed E-state index contributed by atoms with van der Waals surface area (Å²) in [6, 6.07) is 1.28. The maximum absolute atomic E-state index is 9.76. The lowest BCUT2D eigenvalue weighted by Gasteiger charge is -2.40. The van der Waals surface area contributed by atoms with E-state index in [4.69, 9.17) is 0 Å². The highest BCUT2D eigenvalue weighted by Crippen LogP contribution is 2.25. The van der Waals surface area contributed by atoms with Gasteiger partial charge in [-0.3, -0.25) is 4.90 Å². The fourth-order valence-electron chi connectivity index (χ4n) is 3.61. The first-order chi connectivity index (χ1) is 9.56. The van der Waals surface area contributed by atoms with Gasteiger partial charge in [0.25, 0.3) is 0 Å². The predicted molar refractivity (Wildman–Crippen MR) is 87.1 cm³/mol. The van der Waals surface area contributed by atoms with Gasteiger partial charge in [-0.15, -0.1) is 0 Å². The van der Waals surface area contributed by atoms with Crippen LogP contribution in [0.1, 0.15) is 72.6 Å². The number of nitrogens with one attached hydrogen (secondary N) is 1. The zero-order valence-electron chi connectivity index (χ0n) is 14.1. The molecule has 0 amide bonds. The number of aliphatic hydroxyl groups excluding tert-OH is 1. The second kappa shape index (κ2) is 9.01. The maximum Gasteiger partial charge on any atom is 0.0611 e. The molecule has 0 aromatic heterocycles. The van der Waals surface area contributed by atoms with E-state index in [0.29, 0.717) is 6.04 Å².